The summed E-state index contributed by atoms with van der Waals surface area (Å²) in [6, 6.07) is 0. The Kier molecular flexibility index (Phi) is 3.24. The van der Waals surface area contributed by atoms with E-state index in [2.05, 4.69) is 13.8 Å². The zero-order valence-corrected chi connectivity index (χ0v) is 10.4. The van der Waals surface area contributed by atoms with Crippen LogP contribution in [0.1, 0.15) is 46.0 Å². The summed E-state index contributed by atoms with van der Waals surface area (Å²) in [7, 11) is 0. The van der Waals surface area contributed by atoms with E-state index in [1.165, 1.54) is 12.8 Å². The maximum absolute atomic E-state index is 12.4. The molecule has 1 N–H and O–H groups in total. The van der Waals surface area contributed by atoms with Gasteiger partial charge < -0.3 is 10.0 Å². The molecule has 92 valence electrons. The molecular formula is C13H23NO2. The fourth-order valence-electron chi connectivity index (χ4n) is 3.11. The molecule has 1 unspecified atom stereocenters. The maximum atomic E-state index is 12.4. The van der Waals surface area contributed by atoms with E-state index in [1.807, 2.05) is 4.90 Å². The van der Waals surface area contributed by atoms with Gasteiger partial charge in [0.05, 0.1) is 6.10 Å². The van der Waals surface area contributed by atoms with Crippen molar-refractivity contribution in [1.82, 2.24) is 4.90 Å². The summed E-state index contributed by atoms with van der Waals surface area (Å²) >= 11 is 0. The van der Waals surface area contributed by atoms with E-state index in [1.54, 1.807) is 0 Å². The molecule has 1 amide bonds. The smallest absolute Gasteiger partial charge is 0.226 e. The van der Waals surface area contributed by atoms with E-state index in [0.717, 1.165) is 25.8 Å². The van der Waals surface area contributed by atoms with Gasteiger partial charge in [0.2, 0.25) is 5.91 Å². The molecule has 0 aromatic carbocycles. The van der Waals surface area contributed by atoms with Gasteiger partial charge in [0.15, 0.2) is 0 Å². The Morgan fingerprint density at radius 3 is 2.62 bits per heavy atom. The Morgan fingerprint density at radius 1 is 1.31 bits per heavy atom. The van der Waals surface area contributed by atoms with Crippen molar-refractivity contribution < 1.29 is 9.90 Å². The summed E-state index contributed by atoms with van der Waals surface area (Å²) in [4.78, 5) is 14.2. The maximum Gasteiger partial charge on any atom is 0.226 e. The molecule has 1 heterocycles. The van der Waals surface area contributed by atoms with Crippen molar-refractivity contribution in [2.45, 2.75) is 52.1 Å². The van der Waals surface area contributed by atoms with Crippen LogP contribution in [0.2, 0.25) is 0 Å². The molecule has 3 heteroatoms. The second-order valence-corrected chi connectivity index (χ2v) is 6.01. The topological polar surface area (TPSA) is 40.5 Å². The normalized spacial score (nSPS) is 34.1. The van der Waals surface area contributed by atoms with Gasteiger partial charge in [-0.2, -0.15) is 0 Å². The van der Waals surface area contributed by atoms with Gasteiger partial charge in [0.25, 0.3) is 0 Å². The summed E-state index contributed by atoms with van der Waals surface area (Å²) < 4.78 is 0. The SMILES string of the molecule is CC1(C)CCCCC1C(=O)N1CC[C@H](O)C1. The van der Waals surface area contributed by atoms with Crippen molar-refractivity contribution in [2.24, 2.45) is 11.3 Å². The van der Waals surface area contributed by atoms with Crippen LogP contribution in [0.25, 0.3) is 0 Å². The highest BCUT2D eigenvalue weighted by molar-refractivity contribution is 5.80. The van der Waals surface area contributed by atoms with Gasteiger partial charge in [0.1, 0.15) is 0 Å². The molecule has 3 nitrogen and oxygen atoms in total. The zero-order valence-electron chi connectivity index (χ0n) is 10.4. The molecular weight excluding hydrogens is 202 g/mol. The number of β-amino-alcohol motifs (C(OH)–C–C–N with tert-alkyl or cyclic N) is 1. The fraction of sp³-hybridized carbons (Fsp3) is 0.923. The summed E-state index contributed by atoms with van der Waals surface area (Å²) in [6.07, 6.45) is 5.06. The molecule has 0 spiro atoms. The lowest BCUT2D eigenvalue weighted by molar-refractivity contribution is -0.140. The largest absolute Gasteiger partial charge is 0.391 e. The molecule has 2 atom stereocenters. The monoisotopic (exact) mass is 225 g/mol. The number of hydrogen-bond acceptors (Lipinski definition) is 2. The number of rotatable bonds is 1. The lowest BCUT2D eigenvalue weighted by Crippen LogP contribution is -2.43. The first kappa shape index (κ1) is 11.9. The lowest BCUT2D eigenvalue weighted by atomic mass is 9.68. The van der Waals surface area contributed by atoms with Gasteiger partial charge in [-0.05, 0) is 24.7 Å². The molecule has 2 aliphatic rings. The van der Waals surface area contributed by atoms with Gasteiger partial charge >= 0.3 is 0 Å². The average molecular weight is 225 g/mol. The Bertz CT molecular complexity index is 275. The predicted molar refractivity (Wildman–Crippen MR) is 62.9 cm³/mol. The summed E-state index contributed by atoms with van der Waals surface area (Å²) in [5.41, 5.74) is 0.142. The number of hydrogen-bond donors (Lipinski definition) is 1. The van der Waals surface area contributed by atoms with Crippen molar-refractivity contribution in [3.63, 3.8) is 0 Å². The average Bonchev–Trinajstić information content (AvgIpc) is 2.63. The number of nitrogens with zero attached hydrogens (tertiary/aromatic N) is 1. The molecule has 0 aromatic rings. The molecule has 0 bridgehead atoms. The van der Waals surface area contributed by atoms with Gasteiger partial charge in [-0.3, -0.25) is 4.79 Å². The van der Waals surface area contributed by atoms with Gasteiger partial charge in [-0.15, -0.1) is 0 Å². The van der Waals surface area contributed by atoms with Crippen LogP contribution in [0.4, 0.5) is 0 Å². The number of amides is 1. The minimum absolute atomic E-state index is 0.142. The lowest BCUT2D eigenvalue weighted by Gasteiger charge is -2.39. The Hall–Kier alpha value is -0.570. The fourth-order valence-corrected chi connectivity index (χ4v) is 3.11. The first-order valence-corrected chi connectivity index (χ1v) is 6.47. The van der Waals surface area contributed by atoms with Crippen LogP contribution in [-0.4, -0.2) is 35.1 Å². The number of aliphatic hydroxyl groups excluding tert-OH is 1. The summed E-state index contributed by atoms with van der Waals surface area (Å²) in [5, 5.41) is 9.48. The number of aliphatic hydroxyl groups is 1. The first-order valence-electron chi connectivity index (χ1n) is 6.47. The minimum atomic E-state index is -0.296. The zero-order chi connectivity index (χ0) is 11.8. The van der Waals surface area contributed by atoms with Crippen LogP contribution in [0, 0.1) is 11.3 Å². The second kappa shape index (κ2) is 4.36. The highest BCUT2D eigenvalue weighted by Gasteiger charge is 2.40. The van der Waals surface area contributed by atoms with Crippen LogP contribution in [0.3, 0.4) is 0 Å². The highest BCUT2D eigenvalue weighted by Crippen LogP contribution is 2.41. The highest BCUT2D eigenvalue weighted by atomic mass is 16.3. The van der Waals surface area contributed by atoms with Crippen molar-refractivity contribution in [1.29, 1.82) is 0 Å². The second-order valence-electron chi connectivity index (χ2n) is 6.01. The van der Waals surface area contributed by atoms with Crippen molar-refractivity contribution >= 4 is 5.91 Å². The Morgan fingerprint density at radius 2 is 2.06 bits per heavy atom. The van der Waals surface area contributed by atoms with Crippen LogP contribution in [0.5, 0.6) is 0 Å². The van der Waals surface area contributed by atoms with Crippen molar-refractivity contribution in [3.05, 3.63) is 0 Å². The van der Waals surface area contributed by atoms with E-state index in [9.17, 15) is 9.90 Å². The summed E-state index contributed by atoms with van der Waals surface area (Å²) in [5.74, 6) is 0.452. The Labute approximate surface area is 97.8 Å². The molecule has 1 aliphatic heterocycles. The van der Waals surface area contributed by atoms with Crippen LogP contribution < -0.4 is 0 Å². The quantitative estimate of drug-likeness (QED) is 0.739. The molecule has 16 heavy (non-hydrogen) atoms. The van der Waals surface area contributed by atoms with E-state index in [4.69, 9.17) is 0 Å². The third-order valence-electron chi connectivity index (χ3n) is 4.28. The van der Waals surface area contributed by atoms with Crippen LogP contribution in [-0.2, 0) is 4.79 Å². The van der Waals surface area contributed by atoms with E-state index in [0.29, 0.717) is 6.54 Å². The van der Waals surface area contributed by atoms with Crippen LogP contribution in [0.15, 0.2) is 0 Å². The van der Waals surface area contributed by atoms with Crippen molar-refractivity contribution in [2.75, 3.05) is 13.1 Å². The number of likely N-dealkylation sites (tertiary alicyclic amines) is 1. The molecule has 1 saturated heterocycles. The summed E-state index contributed by atoms with van der Waals surface area (Å²) in [6.45, 7) is 5.71. The van der Waals surface area contributed by atoms with Crippen molar-refractivity contribution in [3.8, 4) is 0 Å². The van der Waals surface area contributed by atoms with E-state index >= 15 is 0 Å². The van der Waals surface area contributed by atoms with Gasteiger partial charge in [-0.1, -0.05) is 26.7 Å². The molecule has 2 fully saturated rings. The predicted octanol–water partition coefficient (Wildman–Crippen LogP) is 1.80. The number of carbonyl (C=O) groups is 1. The number of carbonyl (C=O) groups excluding carboxylic acids is 1. The van der Waals surface area contributed by atoms with Crippen LogP contribution >= 0.6 is 0 Å². The van der Waals surface area contributed by atoms with Gasteiger partial charge in [0, 0.05) is 19.0 Å². The first-order chi connectivity index (χ1) is 7.50. The van der Waals surface area contributed by atoms with E-state index in [-0.39, 0.29) is 23.3 Å². The molecule has 1 aliphatic carbocycles. The molecule has 2 rings (SSSR count). The van der Waals surface area contributed by atoms with Gasteiger partial charge in [-0.25, -0.2) is 0 Å². The third-order valence-corrected chi connectivity index (χ3v) is 4.28. The standard InChI is InChI=1S/C13H23NO2/c1-13(2)7-4-3-5-11(13)12(16)14-8-6-10(15)9-14/h10-11,15H,3-9H2,1-2H3/t10-,11?/m0/s1. The molecule has 0 aromatic heterocycles. The Balaban J connectivity index is 2.03. The van der Waals surface area contributed by atoms with E-state index < -0.39 is 0 Å². The minimum Gasteiger partial charge on any atom is -0.391 e. The molecule has 0 radical (unpaired) electrons. The molecule has 1 saturated carbocycles. The third kappa shape index (κ3) is 2.24.